The van der Waals surface area contributed by atoms with Crippen molar-refractivity contribution in [3.8, 4) is 0 Å². The minimum absolute atomic E-state index is 0.747. The van der Waals surface area contributed by atoms with E-state index in [1.54, 1.807) is 0 Å². The molecule has 1 aliphatic rings. The van der Waals surface area contributed by atoms with Crippen LogP contribution in [0, 0.1) is 5.92 Å². The lowest BCUT2D eigenvalue weighted by Gasteiger charge is -2.32. The van der Waals surface area contributed by atoms with E-state index in [-0.39, 0.29) is 0 Å². The van der Waals surface area contributed by atoms with Crippen LogP contribution in [-0.2, 0) is 0 Å². The first-order valence-electron chi connectivity index (χ1n) is 6.63. The van der Waals surface area contributed by atoms with E-state index >= 15 is 0 Å². The van der Waals surface area contributed by atoms with Gasteiger partial charge in [0.15, 0.2) is 0 Å². The molecule has 0 aliphatic carbocycles. The minimum Gasteiger partial charge on any atom is -0.399 e. The normalized spacial score (nSPS) is 20.3. The molecule has 1 saturated heterocycles. The van der Waals surface area contributed by atoms with Crippen LogP contribution in [0.4, 0.5) is 11.5 Å². The minimum atomic E-state index is 0.747. The number of aromatic nitrogens is 1. The Morgan fingerprint density at radius 2 is 2.22 bits per heavy atom. The van der Waals surface area contributed by atoms with Crippen molar-refractivity contribution in [1.82, 2.24) is 4.98 Å². The van der Waals surface area contributed by atoms with Crippen LogP contribution in [0.5, 0.6) is 0 Å². The summed E-state index contributed by atoms with van der Waals surface area (Å²) < 4.78 is 0. The summed E-state index contributed by atoms with van der Waals surface area (Å²) in [5.41, 5.74) is 6.71. The van der Waals surface area contributed by atoms with Crippen LogP contribution in [0.3, 0.4) is 0 Å². The molecule has 1 unspecified atom stereocenters. The van der Waals surface area contributed by atoms with Crippen molar-refractivity contribution < 1.29 is 0 Å². The summed E-state index contributed by atoms with van der Waals surface area (Å²) in [5, 5.41) is 2.39. The summed E-state index contributed by atoms with van der Waals surface area (Å²) in [6.45, 7) is 4.51. The molecule has 1 aromatic heterocycles. The smallest absolute Gasteiger partial charge is 0.136 e. The predicted molar refractivity (Wildman–Crippen MR) is 76.8 cm³/mol. The van der Waals surface area contributed by atoms with E-state index in [9.17, 15) is 0 Å². The molecular weight excluding hydrogens is 222 g/mol. The fourth-order valence-corrected chi connectivity index (χ4v) is 2.80. The number of fused-ring (bicyclic) bond motifs is 1. The molecule has 2 aromatic rings. The highest BCUT2D eigenvalue weighted by Gasteiger charge is 2.19. The Kier molecular flexibility index (Phi) is 2.82. The fraction of sp³-hybridized carbons (Fsp3) is 0.400. The number of benzene rings is 1. The number of hydrogen-bond donors (Lipinski definition) is 1. The molecule has 1 aromatic carbocycles. The van der Waals surface area contributed by atoms with Crippen molar-refractivity contribution in [3.05, 3.63) is 30.5 Å². The molecule has 0 amide bonds. The lowest BCUT2D eigenvalue weighted by atomic mass is 10.00. The van der Waals surface area contributed by atoms with Gasteiger partial charge in [0.05, 0.1) is 0 Å². The van der Waals surface area contributed by atoms with Gasteiger partial charge in [-0.05, 0) is 42.3 Å². The third-order valence-electron chi connectivity index (χ3n) is 3.73. The molecule has 1 fully saturated rings. The second kappa shape index (κ2) is 4.48. The molecule has 3 nitrogen and oxygen atoms in total. The lowest BCUT2D eigenvalue weighted by Crippen LogP contribution is -2.34. The Hall–Kier alpha value is -1.77. The van der Waals surface area contributed by atoms with Gasteiger partial charge in [-0.2, -0.15) is 0 Å². The van der Waals surface area contributed by atoms with Crippen LogP contribution >= 0.6 is 0 Å². The number of anilines is 2. The third kappa shape index (κ3) is 2.01. The summed E-state index contributed by atoms with van der Waals surface area (Å²) in [7, 11) is 0. The Balaban J connectivity index is 2.07. The second-order valence-electron chi connectivity index (χ2n) is 5.31. The van der Waals surface area contributed by atoms with Crippen LogP contribution in [-0.4, -0.2) is 18.1 Å². The highest BCUT2D eigenvalue weighted by atomic mass is 15.2. The molecule has 3 rings (SSSR count). The van der Waals surface area contributed by atoms with Crippen LogP contribution in [0.2, 0.25) is 0 Å². The van der Waals surface area contributed by atoms with E-state index in [0.717, 1.165) is 30.5 Å². The molecule has 1 aliphatic heterocycles. The second-order valence-corrected chi connectivity index (χ2v) is 5.31. The number of nitrogen functional groups attached to an aromatic ring is 1. The predicted octanol–water partition coefficient (Wildman–Crippen LogP) is 3.05. The Bertz CT molecular complexity index is 565. The number of nitrogens with zero attached hydrogens (tertiary/aromatic N) is 2. The molecule has 1 atom stereocenters. The molecule has 2 heterocycles. The van der Waals surface area contributed by atoms with Gasteiger partial charge in [0.25, 0.3) is 0 Å². The van der Waals surface area contributed by atoms with E-state index in [0.29, 0.717) is 0 Å². The summed E-state index contributed by atoms with van der Waals surface area (Å²) in [6, 6.07) is 8.11. The first kappa shape index (κ1) is 11.3. The molecule has 0 bridgehead atoms. The van der Waals surface area contributed by atoms with Crippen molar-refractivity contribution >= 4 is 22.3 Å². The molecule has 18 heavy (non-hydrogen) atoms. The Morgan fingerprint density at radius 3 is 3.06 bits per heavy atom. The van der Waals surface area contributed by atoms with Gasteiger partial charge in [-0.3, -0.25) is 0 Å². The summed E-state index contributed by atoms with van der Waals surface area (Å²) >= 11 is 0. The maximum Gasteiger partial charge on any atom is 0.136 e. The number of hydrogen-bond acceptors (Lipinski definition) is 3. The van der Waals surface area contributed by atoms with Gasteiger partial charge >= 0.3 is 0 Å². The number of pyridine rings is 1. The van der Waals surface area contributed by atoms with E-state index in [4.69, 9.17) is 5.73 Å². The third-order valence-corrected chi connectivity index (χ3v) is 3.73. The monoisotopic (exact) mass is 241 g/mol. The zero-order chi connectivity index (χ0) is 12.5. The SMILES string of the molecule is CC1CCCN(c2nccc3ccc(N)cc23)C1. The number of nitrogens with two attached hydrogens (primary N) is 1. The lowest BCUT2D eigenvalue weighted by molar-refractivity contribution is 0.445. The van der Waals surface area contributed by atoms with Gasteiger partial charge in [0, 0.05) is 30.4 Å². The van der Waals surface area contributed by atoms with Crippen LogP contribution in [0.15, 0.2) is 30.5 Å². The number of piperidine rings is 1. The van der Waals surface area contributed by atoms with E-state index < -0.39 is 0 Å². The summed E-state index contributed by atoms with van der Waals surface area (Å²) in [6.07, 6.45) is 4.47. The standard InChI is InChI=1S/C15H19N3/c1-11-3-2-8-18(10-11)15-14-9-13(16)5-4-12(14)6-7-17-15/h4-7,9,11H,2-3,8,10,16H2,1H3. The maximum absolute atomic E-state index is 5.90. The molecule has 3 heteroatoms. The summed E-state index contributed by atoms with van der Waals surface area (Å²) in [5.74, 6) is 1.84. The first-order valence-corrected chi connectivity index (χ1v) is 6.63. The quantitative estimate of drug-likeness (QED) is 0.780. The average molecular weight is 241 g/mol. The van der Waals surface area contributed by atoms with Gasteiger partial charge in [-0.1, -0.05) is 13.0 Å². The molecule has 0 saturated carbocycles. The zero-order valence-corrected chi connectivity index (χ0v) is 10.8. The van der Waals surface area contributed by atoms with Crippen molar-refractivity contribution in [2.45, 2.75) is 19.8 Å². The van der Waals surface area contributed by atoms with Gasteiger partial charge in [-0.15, -0.1) is 0 Å². The van der Waals surface area contributed by atoms with E-state index in [1.807, 2.05) is 24.4 Å². The molecule has 0 spiro atoms. The number of rotatable bonds is 1. The molecule has 94 valence electrons. The highest BCUT2D eigenvalue weighted by Crippen LogP contribution is 2.29. The van der Waals surface area contributed by atoms with Gasteiger partial charge in [-0.25, -0.2) is 4.98 Å². The van der Waals surface area contributed by atoms with Gasteiger partial charge in [0.2, 0.25) is 0 Å². The van der Waals surface area contributed by atoms with Crippen LogP contribution in [0.25, 0.3) is 10.8 Å². The Labute approximate surface area is 108 Å². The first-order chi connectivity index (χ1) is 8.74. The van der Waals surface area contributed by atoms with Crippen molar-refractivity contribution in [1.29, 1.82) is 0 Å². The van der Waals surface area contributed by atoms with Crippen LogP contribution < -0.4 is 10.6 Å². The van der Waals surface area contributed by atoms with E-state index in [1.165, 1.54) is 23.6 Å². The van der Waals surface area contributed by atoms with Crippen molar-refractivity contribution in [2.75, 3.05) is 23.7 Å². The average Bonchev–Trinajstić information content (AvgIpc) is 2.38. The fourth-order valence-electron chi connectivity index (χ4n) is 2.80. The molecule has 0 radical (unpaired) electrons. The van der Waals surface area contributed by atoms with Crippen molar-refractivity contribution in [2.24, 2.45) is 5.92 Å². The Morgan fingerprint density at radius 1 is 1.33 bits per heavy atom. The van der Waals surface area contributed by atoms with Gasteiger partial charge < -0.3 is 10.6 Å². The zero-order valence-electron chi connectivity index (χ0n) is 10.8. The van der Waals surface area contributed by atoms with Crippen molar-refractivity contribution in [3.63, 3.8) is 0 Å². The van der Waals surface area contributed by atoms with Gasteiger partial charge in [0.1, 0.15) is 5.82 Å². The summed E-state index contributed by atoms with van der Waals surface area (Å²) in [4.78, 5) is 6.98. The molecule has 2 N–H and O–H groups in total. The maximum atomic E-state index is 5.90. The van der Waals surface area contributed by atoms with Crippen LogP contribution in [0.1, 0.15) is 19.8 Å². The molecular formula is C15H19N3. The van der Waals surface area contributed by atoms with E-state index in [2.05, 4.69) is 22.9 Å². The topological polar surface area (TPSA) is 42.2 Å². The highest BCUT2D eigenvalue weighted by molar-refractivity contribution is 5.94. The largest absolute Gasteiger partial charge is 0.399 e.